The third-order valence-electron chi connectivity index (χ3n) is 2.34. The van der Waals surface area contributed by atoms with Gasteiger partial charge in [-0.25, -0.2) is 4.79 Å². The summed E-state index contributed by atoms with van der Waals surface area (Å²) in [5.74, 6) is -0.364. The Labute approximate surface area is 105 Å². The van der Waals surface area contributed by atoms with Gasteiger partial charge in [0, 0.05) is 11.6 Å². The number of hydrogen-bond acceptors (Lipinski definition) is 5. The molecule has 0 aliphatic carbocycles. The first kappa shape index (κ1) is 14.1. The highest BCUT2D eigenvalue weighted by Gasteiger charge is 2.23. The maximum atomic E-state index is 10.8. The maximum absolute atomic E-state index is 10.8. The van der Waals surface area contributed by atoms with Crippen LogP contribution in [0.25, 0.3) is 0 Å². The number of aliphatic hydroxyl groups is 1. The topological polar surface area (TPSA) is 85.2 Å². The summed E-state index contributed by atoms with van der Waals surface area (Å²) in [5.41, 5.74) is 0.120. The highest BCUT2D eigenvalue weighted by Crippen LogP contribution is 2.37. The van der Waals surface area contributed by atoms with Gasteiger partial charge in [-0.1, -0.05) is 0 Å². The molecular formula is C12H16O6. The average molecular weight is 256 g/mol. The average Bonchev–Trinajstić information content (AvgIpc) is 2.37. The molecule has 0 radical (unpaired) electrons. The lowest BCUT2D eigenvalue weighted by atomic mass is 10.1. The van der Waals surface area contributed by atoms with Gasteiger partial charge in [0.05, 0.1) is 20.8 Å². The number of ether oxygens (including phenoxy) is 3. The number of carboxylic acids is 1. The van der Waals surface area contributed by atoms with Crippen molar-refractivity contribution in [2.75, 3.05) is 20.8 Å². The lowest BCUT2D eigenvalue weighted by Crippen LogP contribution is -2.12. The van der Waals surface area contributed by atoms with Crippen molar-refractivity contribution in [3.05, 3.63) is 17.7 Å². The molecule has 6 nitrogen and oxygen atoms in total. The van der Waals surface area contributed by atoms with Crippen LogP contribution in [-0.4, -0.2) is 37.0 Å². The quantitative estimate of drug-likeness (QED) is 0.796. The van der Waals surface area contributed by atoms with Crippen molar-refractivity contribution in [1.82, 2.24) is 0 Å². The third kappa shape index (κ3) is 2.84. The number of benzene rings is 1. The van der Waals surface area contributed by atoms with Crippen molar-refractivity contribution >= 4 is 5.97 Å². The summed E-state index contributed by atoms with van der Waals surface area (Å²) in [6.45, 7) is 2.18. The summed E-state index contributed by atoms with van der Waals surface area (Å²) in [6, 6.07) is 2.88. The molecule has 0 bridgehead atoms. The van der Waals surface area contributed by atoms with E-state index in [9.17, 15) is 9.90 Å². The minimum Gasteiger partial charge on any atom is -0.496 e. The second-order valence-electron chi connectivity index (χ2n) is 3.42. The van der Waals surface area contributed by atoms with Crippen molar-refractivity contribution < 1.29 is 29.2 Å². The van der Waals surface area contributed by atoms with Gasteiger partial charge in [0.15, 0.2) is 17.6 Å². The fraction of sp³-hybridized carbons (Fsp3) is 0.417. The van der Waals surface area contributed by atoms with Gasteiger partial charge in [-0.05, 0) is 13.0 Å². The van der Waals surface area contributed by atoms with Crippen LogP contribution in [0.4, 0.5) is 0 Å². The molecule has 0 aliphatic rings. The molecule has 0 fully saturated rings. The minimum absolute atomic E-state index is 0.120. The van der Waals surface area contributed by atoms with Crippen molar-refractivity contribution in [2.45, 2.75) is 13.0 Å². The zero-order valence-corrected chi connectivity index (χ0v) is 10.5. The van der Waals surface area contributed by atoms with Crippen molar-refractivity contribution in [3.8, 4) is 17.2 Å². The number of aliphatic carboxylic acids is 1. The van der Waals surface area contributed by atoms with Crippen molar-refractivity contribution in [2.24, 2.45) is 0 Å². The molecule has 6 heteroatoms. The van der Waals surface area contributed by atoms with Gasteiger partial charge in [0.1, 0.15) is 5.75 Å². The SMILES string of the molecule is CCOc1cc(C(O)C(=O)O)c(OC)cc1OC. The Hall–Kier alpha value is -1.95. The molecule has 100 valence electrons. The number of hydrogen-bond donors (Lipinski definition) is 2. The van der Waals surface area contributed by atoms with Crippen LogP contribution in [0.1, 0.15) is 18.6 Å². The van der Waals surface area contributed by atoms with Gasteiger partial charge in [-0.2, -0.15) is 0 Å². The van der Waals surface area contributed by atoms with E-state index in [1.165, 1.54) is 26.4 Å². The van der Waals surface area contributed by atoms with E-state index in [2.05, 4.69) is 0 Å². The fourth-order valence-corrected chi connectivity index (χ4v) is 1.51. The molecule has 2 N–H and O–H groups in total. The van der Waals surface area contributed by atoms with Crippen LogP contribution in [-0.2, 0) is 4.79 Å². The first-order valence-corrected chi connectivity index (χ1v) is 5.34. The minimum atomic E-state index is -1.68. The Morgan fingerprint density at radius 3 is 2.28 bits per heavy atom. The molecule has 0 saturated carbocycles. The van der Waals surface area contributed by atoms with Crippen molar-refractivity contribution in [1.29, 1.82) is 0 Å². The van der Waals surface area contributed by atoms with Gasteiger partial charge in [-0.15, -0.1) is 0 Å². The molecule has 0 aliphatic heterocycles. The van der Waals surface area contributed by atoms with E-state index in [1.807, 2.05) is 0 Å². The molecule has 1 rings (SSSR count). The summed E-state index contributed by atoms with van der Waals surface area (Å²) < 4.78 is 15.4. The van der Waals surface area contributed by atoms with E-state index in [4.69, 9.17) is 19.3 Å². The summed E-state index contributed by atoms with van der Waals surface area (Å²) >= 11 is 0. The summed E-state index contributed by atoms with van der Waals surface area (Å²) in [6.07, 6.45) is -1.68. The van der Waals surface area contributed by atoms with Gasteiger partial charge in [0.25, 0.3) is 0 Å². The van der Waals surface area contributed by atoms with Crippen molar-refractivity contribution in [3.63, 3.8) is 0 Å². The lowest BCUT2D eigenvalue weighted by Gasteiger charge is -2.16. The van der Waals surface area contributed by atoms with E-state index in [-0.39, 0.29) is 11.3 Å². The molecule has 0 heterocycles. The lowest BCUT2D eigenvalue weighted by molar-refractivity contribution is -0.147. The predicted molar refractivity (Wildman–Crippen MR) is 63.3 cm³/mol. The van der Waals surface area contributed by atoms with Gasteiger partial charge < -0.3 is 24.4 Å². The van der Waals surface area contributed by atoms with E-state index in [0.29, 0.717) is 18.1 Å². The third-order valence-corrected chi connectivity index (χ3v) is 2.34. The standard InChI is InChI=1S/C12H16O6/c1-4-18-10-5-7(11(13)12(14)15)8(16-2)6-9(10)17-3/h5-6,11,13H,4H2,1-3H3,(H,14,15). The first-order valence-electron chi connectivity index (χ1n) is 5.34. The summed E-state index contributed by atoms with van der Waals surface area (Å²) in [4.78, 5) is 10.8. The Kier molecular flexibility index (Phi) is 4.79. The molecule has 1 unspecified atom stereocenters. The van der Waals surface area contributed by atoms with Gasteiger partial charge in [-0.3, -0.25) is 0 Å². The largest absolute Gasteiger partial charge is 0.496 e. The number of methoxy groups -OCH3 is 2. The fourth-order valence-electron chi connectivity index (χ4n) is 1.51. The van der Waals surface area contributed by atoms with E-state index >= 15 is 0 Å². The first-order chi connectivity index (χ1) is 8.54. The molecular weight excluding hydrogens is 240 g/mol. The molecule has 0 saturated heterocycles. The number of rotatable bonds is 6. The van der Waals surface area contributed by atoms with Gasteiger partial charge in [0.2, 0.25) is 0 Å². The van der Waals surface area contributed by atoms with E-state index < -0.39 is 12.1 Å². The van der Waals surface area contributed by atoms with E-state index in [1.54, 1.807) is 6.92 Å². The zero-order valence-electron chi connectivity index (χ0n) is 10.5. The second-order valence-corrected chi connectivity index (χ2v) is 3.42. The molecule has 0 aromatic heterocycles. The van der Waals surface area contributed by atoms with Crippen LogP contribution >= 0.6 is 0 Å². The normalized spacial score (nSPS) is 11.8. The molecule has 0 amide bonds. The maximum Gasteiger partial charge on any atom is 0.337 e. The Bertz CT molecular complexity index is 429. The smallest absolute Gasteiger partial charge is 0.337 e. The van der Waals surface area contributed by atoms with Gasteiger partial charge >= 0.3 is 5.97 Å². The van der Waals surface area contributed by atoms with Crippen LogP contribution in [0.3, 0.4) is 0 Å². The second kappa shape index (κ2) is 6.11. The zero-order chi connectivity index (χ0) is 13.7. The monoisotopic (exact) mass is 256 g/mol. The molecule has 1 atom stereocenters. The summed E-state index contributed by atoms with van der Waals surface area (Å²) in [7, 11) is 2.85. The van der Waals surface area contributed by atoms with Crippen LogP contribution in [0.15, 0.2) is 12.1 Å². The highest BCUT2D eigenvalue weighted by molar-refractivity contribution is 5.76. The highest BCUT2D eigenvalue weighted by atomic mass is 16.5. The molecule has 1 aromatic carbocycles. The Morgan fingerprint density at radius 1 is 1.22 bits per heavy atom. The molecule has 18 heavy (non-hydrogen) atoms. The van der Waals surface area contributed by atoms with Crippen LogP contribution in [0.5, 0.6) is 17.2 Å². The van der Waals surface area contributed by atoms with Crippen LogP contribution < -0.4 is 14.2 Å². The number of carboxylic acid groups (broad SMARTS) is 1. The van der Waals surface area contributed by atoms with Crippen LogP contribution in [0.2, 0.25) is 0 Å². The summed E-state index contributed by atoms with van der Waals surface area (Å²) in [5, 5.41) is 18.4. The number of aliphatic hydroxyl groups excluding tert-OH is 1. The predicted octanol–water partition coefficient (Wildman–Crippen LogP) is 1.22. The number of carbonyl (C=O) groups is 1. The Morgan fingerprint density at radius 2 is 1.83 bits per heavy atom. The Balaban J connectivity index is 3.31. The van der Waals surface area contributed by atoms with E-state index in [0.717, 1.165) is 0 Å². The molecule has 1 aromatic rings. The molecule has 0 spiro atoms. The van der Waals surface area contributed by atoms with Crippen LogP contribution in [0, 0.1) is 0 Å².